The van der Waals surface area contributed by atoms with E-state index in [2.05, 4.69) is 5.32 Å². The molecule has 26 heavy (non-hydrogen) atoms. The van der Waals surface area contributed by atoms with E-state index in [1.807, 2.05) is 0 Å². The molecular formula is C16H15F3N4O3. The Bertz CT molecular complexity index is 834. The third-order valence-electron chi connectivity index (χ3n) is 4.34. The fourth-order valence-electron chi connectivity index (χ4n) is 3.21. The molecule has 0 aliphatic carbocycles. The Hall–Kier alpha value is -3.04. The molecule has 3 rings (SSSR count). The standard InChI is InChI=1S/C16H15F3N4O3/c1-8-12-11(5-6-21-13(12)24)23(15(26)22(8)14(20)25)10-4-2-3-9(7-10)16(17,18)19/h2-4,7-8H,5-6H2,1H3,(H2,20,25)(H,21,24). The maximum atomic E-state index is 13.0. The van der Waals surface area contributed by atoms with Crippen molar-refractivity contribution in [3.05, 3.63) is 41.1 Å². The van der Waals surface area contributed by atoms with Gasteiger partial charge in [0.2, 0.25) is 0 Å². The van der Waals surface area contributed by atoms with Crippen LogP contribution in [0.1, 0.15) is 18.9 Å². The van der Waals surface area contributed by atoms with Crippen LogP contribution in [0.3, 0.4) is 0 Å². The number of urea groups is 2. The molecule has 5 amide bonds. The summed E-state index contributed by atoms with van der Waals surface area (Å²) in [5.41, 5.74) is 4.62. The molecule has 2 heterocycles. The first-order chi connectivity index (χ1) is 12.1. The third-order valence-corrected chi connectivity index (χ3v) is 4.34. The summed E-state index contributed by atoms with van der Waals surface area (Å²) in [4.78, 5) is 38.4. The Kier molecular flexibility index (Phi) is 4.13. The molecule has 0 fully saturated rings. The maximum absolute atomic E-state index is 13.0. The number of anilines is 1. The molecule has 2 aliphatic heterocycles. The van der Waals surface area contributed by atoms with E-state index < -0.39 is 35.8 Å². The lowest BCUT2D eigenvalue weighted by atomic mass is 9.95. The van der Waals surface area contributed by atoms with Crippen molar-refractivity contribution in [3.8, 4) is 0 Å². The van der Waals surface area contributed by atoms with E-state index in [0.717, 1.165) is 23.1 Å². The highest BCUT2D eigenvalue weighted by molar-refractivity contribution is 6.10. The quantitative estimate of drug-likeness (QED) is 0.795. The van der Waals surface area contributed by atoms with Gasteiger partial charge >= 0.3 is 18.2 Å². The Morgan fingerprint density at radius 3 is 2.62 bits per heavy atom. The molecule has 138 valence electrons. The number of amides is 5. The van der Waals surface area contributed by atoms with Crippen LogP contribution in [0.2, 0.25) is 0 Å². The molecule has 0 saturated carbocycles. The van der Waals surface area contributed by atoms with Crippen molar-refractivity contribution in [1.82, 2.24) is 10.2 Å². The number of hydrogen-bond donors (Lipinski definition) is 2. The van der Waals surface area contributed by atoms with Crippen LogP contribution in [0.15, 0.2) is 35.5 Å². The van der Waals surface area contributed by atoms with E-state index >= 15 is 0 Å². The summed E-state index contributed by atoms with van der Waals surface area (Å²) in [6, 6.07) is 1.22. The topological polar surface area (TPSA) is 95.7 Å². The molecule has 1 atom stereocenters. The highest BCUT2D eigenvalue weighted by Crippen LogP contribution is 2.37. The minimum absolute atomic E-state index is 0.0924. The molecule has 1 aromatic rings. The van der Waals surface area contributed by atoms with E-state index in [1.54, 1.807) is 0 Å². The summed E-state index contributed by atoms with van der Waals surface area (Å²) >= 11 is 0. The minimum atomic E-state index is -4.60. The van der Waals surface area contributed by atoms with Crippen molar-refractivity contribution in [2.45, 2.75) is 25.6 Å². The predicted molar refractivity (Wildman–Crippen MR) is 84.9 cm³/mol. The van der Waals surface area contributed by atoms with Crippen LogP contribution in [-0.4, -0.2) is 35.5 Å². The minimum Gasteiger partial charge on any atom is -0.352 e. The molecule has 7 nitrogen and oxygen atoms in total. The molecule has 0 bridgehead atoms. The smallest absolute Gasteiger partial charge is 0.352 e. The number of benzene rings is 1. The first-order valence-corrected chi connectivity index (χ1v) is 7.74. The number of primary amides is 1. The van der Waals surface area contributed by atoms with Crippen LogP contribution < -0.4 is 16.0 Å². The van der Waals surface area contributed by atoms with Crippen LogP contribution in [0, 0.1) is 0 Å². The number of imide groups is 1. The van der Waals surface area contributed by atoms with Crippen LogP contribution in [-0.2, 0) is 11.0 Å². The Morgan fingerprint density at radius 1 is 1.31 bits per heavy atom. The number of halogens is 3. The fraction of sp³-hybridized carbons (Fsp3) is 0.312. The van der Waals surface area contributed by atoms with Crippen molar-refractivity contribution in [1.29, 1.82) is 0 Å². The van der Waals surface area contributed by atoms with Crippen molar-refractivity contribution in [3.63, 3.8) is 0 Å². The lowest BCUT2D eigenvalue weighted by Crippen LogP contribution is -2.60. The molecule has 1 aromatic carbocycles. The van der Waals surface area contributed by atoms with Crippen molar-refractivity contribution >= 4 is 23.7 Å². The second-order valence-corrected chi connectivity index (χ2v) is 5.92. The highest BCUT2D eigenvalue weighted by atomic mass is 19.4. The number of hydrogen-bond acceptors (Lipinski definition) is 3. The van der Waals surface area contributed by atoms with E-state index in [0.29, 0.717) is 4.90 Å². The lowest BCUT2D eigenvalue weighted by molar-refractivity contribution is -0.137. The Balaban J connectivity index is 2.19. The molecule has 2 aliphatic rings. The van der Waals surface area contributed by atoms with Gasteiger partial charge in [0, 0.05) is 18.7 Å². The van der Waals surface area contributed by atoms with Crippen molar-refractivity contribution < 1.29 is 27.6 Å². The van der Waals surface area contributed by atoms with Gasteiger partial charge in [-0.2, -0.15) is 13.2 Å². The second kappa shape index (κ2) is 6.04. The second-order valence-electron chi connectivity index (χ2n) is 5.92. The summed E-state index contributed by atoms with van der Waals surface area (Å²) in [6.45, 7) is 1.69. The lowest BCUT2D eigenvalue weighted by Gasteiger charge is -2.42. The zero-order valence-corrected chi connectivity index (χ0v) is 13.6. The van der Waals surface area contributed by atoms with Gasteiger partial charge in [0.1, 0.15) is 0 Å². The fourth-order valence-corrected chi connectivity index (χ4v) is 3.21. The van der Waals surface area contributed by atoms with E-state index in [4.69, 9.17) is 5.73 Å². The number of carbonyl (C=O) groups is 3. The third kappa shape index (κ3) is 2.76. The Labute approximate surface area is 146 Å². The summed E-state index contributed by atoms with van der Waals surface area (Å²) in [5.74, 6) is -0.491. The van der Waals surface area contributed by atoms with Crippen molar-refractivity contribution in [2.24, 2.45) is 5.73 Å². The number of nitrogens with two attached hydrogens (primary N) is 1. The number of carbonyl (C=O) groups excluding carboxylic acids is 3. The summed E-state index contributed by atoms with van der Waals surface area (Å²) in [6.07, 6.45) is -4.37. The zero-order chi connectivity index (χ0) is 19.2. The van der Waals surface area contributed by atoms with Gasteiger partial charge in [-0.3, -0.25) is 9.69 Å². The first-order valence-electron chi connectivity index (χ1n) is 7.74. The predicted octanol–water partition coefficient (Wildman–Crippen LogP) is 2.19. The van der Waals surface area contributed by atoms with Crippen LogP contribution in [0.25, 0.3) is 0 Å². The van der Waals surface area contributed by atoms with E-state index in [9.17, 15) is 27.6 Å². The normalized spacial score (nSPS) is 20.8. The maximum Gasteiger partial charge on any atom is 0.416 e. The monoisotopic (exact) mass is 368 g/mol. The number of nitrogens with one attached hydrogen (secondary N) is 1. The molecule has 0 radical (unpaired) electrons. The summed E-state index contributed by atoms with van der Waals surface area (Å²) < 4.78 is 39.1. The van der Waals surface area contributed by atoms with Crippen LogP contribution in [0.4, 0.5) is 28.4 Å². The number of alkyl halides is 3. The van der Waals surface area contributed by atoms with E-state index in [-0.39, 0.29) is 29.9 Å². The van der Waals surface area contributed by atoms with Crippen molar-refractivity contribution in [2.75, 3.05) is 11.4 Å². The van der Waals surface area contributed by atoms with Crippen LogP contribution in [0.5, 0.6) is 0 Å². The molecule has 0 saturated heterocycles. The van der Waals surface area contributed by atoms with Gasteiger partial charge in [-0.05, 0) is 25.1 Å². The Morgan fingerprint density at radius 2 is 2.00 bits per heavy atom. The van der Waals surface area contributed by atoms with Gasteiger partial charge in [0.25, 0.3) is 5.91 Å². The SMILES string of the molecule is CC1C2=C(CCNC2=O)N(c2cccc(C(F)(F)F)c2)C(=O)N1C(N)=O. The zero-order valence-electron chi connectivity index (χ0n) is 13.6. The molecule has 0 spiro atoms. The molecule has 3 N–H and O–H groups in total. The molecule has 0 aromatic heterocycles. The van der Waals surface area contributed by atoms with Crippen LogP contribution >= 0.6 is 0 Å². The van der Waals surface area contributed by atoms with Gasteiger partial charge in [0.15, 0.2) is 0 Å². The molecular weight excluding hydrogens is 353 g/mol. The van der Waals surface area contributed by atoms with Gasteiger partial charge in [-0.25, -0.2) is 14.5 Å². The first kappa shape index (κ1) is 17.8. The summed E-state index contributed by atoms with van der Waals surface area (Å²) in [5, 5.41) is 2.60. The molecule has 1 unspecified atom stereocenters. The molecule has 10 heteroatoms. The van der Waals surface area contributed by atoms with Gasteiger partial charge in [-0.15, -0.1) is 0 Å². The summed E-state index contributed by atoms with van der Waals surface area (Å²) in [7, 11) is 0. The number of rotatable bonds is 1. The average Bonchev–Trinajstić information content (AvgIpc) is 2.54. The highest BCUT2D eigenvalue weighted by Gasteiger charge is 2.44. The largest absolute Gasteiger partial charge is 0.416 e. The number of nitrogens with zero attached hydrogens (tertiary/aromatic N) is 2. The average molecular weight is 368 g/mol. The van der Waals surface area contributed by atoms with E-state index in [1.165, 1.54) is 13.0 Å². The van der Waals surface area contributed by atoms with Gasteiger partial charge in [0.05, 0.1) is 22.9 Å². The van der Waals surface area contributed by atoms with Gasteiger partial charge in [-0.1, -0.05) is 6.07 Å². The van der Waals surface area contributed by atoms with Gasteiger partial charge < -0.3 is 11.1 Å².